The van der Waals surface area contributed by atoms with Crippen molar-refractivity contribution in [3.05, 3.63) is 35.4 Å². The van der Waals surface area contributed by atoms with Crippen LogP contribution in [0.1, 0.15) is 57.1 Å². The van der Waals surface area contributed by atoms with Crippen LogP contribution in [-0.2, 0) is 27.2 Å². The molecule has 0 bridgehead atoms. The van der Waals surface area contributed by atoms with Crippen LogP contribution in [0.15, 0.2) is 24.3 Å². The van der Waals surface area contributed by atoms with Crippen molar-refractivity contribution in [3.63, 3.8) is 0 Å². The lowest BCUT2D eigenvalue weighted by Crippen LogP contribution is -2.63. The number of rotatable bonds is 7. The molecule has 2 amide bonds. The van der Waals surface area contributed by atoms with Crippen molar-refractivity contribution in [2.45, 2.75) is 64.3 Å². The number of fused-ring (bicyclic) bond motifs is 2. The largest absolute Gasteiger partial charge is 0.383 e. The van der Waals surface area contributed by atoms with Gasteiger partial charge in [0.1, 0.15) is 5.54 Å². The van der Waals surface area contributed by atoms with Crippen LogP contribution in [0.2, 0.25) is 0 Å². The fourth-order valence-electron chi connectivity index (χ4n) is 6.42. The van der Waals surface area contributed by atoms with Crippen molar-refractivity contribution >= 4 is 11.8 Å². The number of benzene rings is 1. The Morgan fingerprint density at radius 2 is 1.90 bits per heavy atom. The van der Waals surface area contributed by atoms with E-state index in [9.17, 15) is 9.59 Å². The Kier molecular flexibility index (Phi) is 6.71. The topological polar surface area (TPSA) is 58.6 Å². The zero-order valence-electron chi connectivity index (χ0n) is 19.4. The molecule has 0 unspecified atom stereocenters. The first-order valence-corrected chi connectivity index (χ1v) is 12.1. The number of nitrogens with zero attached hydrogens (tertiary/aromatic N) is 1. The van der Waals surface area contributed by atoms with Crippen molar-refractivity contribution in [1.82, 2.24) is 10.2 Å². The van der Waals surface area contributed by atoms with Gasteiger partial charge in [0.05, 0.1) is 6.61 Å². The molecule has 170 valence electrons. The number of ether oxygens (including phenoxy) is 1. The summed E-state index contributed by atoms with van der Waals surface area (Å²) in [6.45, 7) is 6.13. The SMILES string of the molecule is COCCNC(=O)[C@]1(N2C[C@@H](CC(C)C)CC2=O)CC[C@H]2Cc3ccccc3C[C@@H]2C1. The highest BCUT2D eigenvalue weighted by atomic mass is 16.5. The van der Waals surface area contributed by atoms with E-state index in [1.54, 1.807) is 7.11 Å². The lowest BCUT2D eigenvalue weighted by atomic mass is 9.62. The highest BCUT2D eigenvalue weighted by Crippen LogP contribution is 2.47. The highest BCUT2D eigenvalue weighted by Gasteiger charge is 2.54. The van der Waals surface area contributed by atoms with Gasteiger partial charge in [-0.05, 0) is 73.3 Å². The Labute approximate surface area is 186 Å². The van der Waals surface area contributed by atoms with Gasteiger partial charge >= 0.3 is 0 Å². The third kappa shape index (κ3) is 4.52. The minimum Gasteiger partial charge on any atom is -0.383 e. The van der Waals surface area contributed by atoms with E-state index in [1.807, 2.05) is 4.90 Å². The number of amides is 2. The Morgan fingerprint density at radius 3 is 2.58 bits per heavy atom. The molecule has 0 spiro atoms. The van der Waals surface area contributed by atoms with E-state index in [0.717, 1.165) is 45.1 Å². The first-order valence-electron chi connectivity index (χ1n) is 12.1. The van der Waals surface area contributed by atoms with Crippen LogP contribution in [0.4, 0.5) is 0 Å². The van der Waals surface area contributed by atoms with Gasteiger partial charge in [0.15, 0.2) is 0 Å². The summed E-state index contributed by atoms with van der Waals surface area (Å²) in [6.07, 6.45) is 6.32. The Bertz CT molecular complexity index is 808. The summed E-state index contributed by atoms with van der Waals surface area (Å²) >= 11 is 0. The molecule has 1 aromatic rings. The Morgan fingerprint density at radius 1 is 1.19 bits per heavy atom. The smallest absolute Gasteiger partial charge is 0.246 e. The Hall–Kier alpha value is -1.88. The van der Waals surface area contributed by atoms with E-state index in [4.69, 9.17) is 4.74 Å². The quantitative estimate of drug-likeness (QED) is 0.678. The number of hydrogen-bond acceptors (Lipinski definition) is 3. The van der Waals surface area contributed by atoms with Crippen LogP contribution >= 0.6 is 0 Å². The Balaban J connectivity index is 1.58. The molecule has 0 aromatic heterocycles. The number of methoxy groups -OCH3 is 1. The van der Waals surface area contributed by atoms with Crippen molar-refractivity contribution in [2.75, 3.05) is 26.8 Å². The zero-order chi connectivity index (χ0) is 22.0. The van der Waals surface area contributed by atoms with Gasteiger partial charge in [-0.2, -0.15) is 0 Å². The molecule has 5 nitrogen and oxygen atoms in total. The molecule has 31 heavy (non-hydrogen) atoms. The molecule has 2 aliphatic carbocycles. The molecule has 5 heteroatoms. The fourth-order valence-corrected chi connectivity index (χ4v) is 6.42. The molecule has 1 aliphatic heterocycles. The number of likely N-dealkylation sites (tertiary alicyclic amines) is 1. The average Bonchev–Trinajstić information content (AvgIpc) is 3.11. The number of carbonyl (C=O) groups is 2. The van der Waals surface area contributed by atoms with Gasteiger partial charge in [0, 0.05) is 26.6 Å². The number of hydrogen-bond donors (Lipinski definition) is 1. The third-order valence-corrected chi connectivity index (χ3v) is 7.82. The van der Waals surface area contributed by atoms with Gasteiger partial charge in [-0.3, -0.25) is 9.59 Å². The average molecular weight is 427 g/mol. The van der Waals surface area contributed by atoms with Gasteiger partial charge in [-0.15, -0.1) is 0 Å². The van der Waals surface area contributed by atoms with E-state index in [0.29, 0.717) is 43.2 Å². The first kappa shape index (κ1) is 22.3. The van der Waals surface area contributed by atoms with E-state index < -0.39 is 5.54 Å². The minimum absolute atomic E-state index is 0.0282. The van der Waals surface area contributed by atoms with E-state index in [2.05, 4.69) is 43.4 Å². The summed E-state index contributed by atoms with van der Waals surface area (Å²) in [5.74, 6) is 2.19. The maximum atomic E-state index is 13.6. The van der Waals surface area contributed by atoms with Gasteiger partial charge in [-0.25, -0.2) is 0 Å². The standard InChI is InChI=1S/C26H38N2O3/c1-18(2)12-19-13-24(29)28(17-19)26(25(30)27-10-11-31-3)9-8-22-14-20-6-4-5-7-21(20)15-23(22)16-26/h4-7,18-19,22-23H,8-17H2,1-3H3,(H,27,30)/t19-,22-,23+,26-/m0/s1. The first-order chi connectivity index (χ1) is 14.9. The molecular formula is C26H38N2O3. The molecule has 1 saturated heterocycles. The van der Waals surface area contributed by atoms with E-state index >= 15 is 0 Å². The molecule has 3 aliphatic rings. The molecular weight excluding hydrogens is 388 g/mol. The van der Waals surface area contributed by atoms with Crippen molar-refractivity contribution in [1.29, 1.82) is 0 Å². The molecule has 1 aromatic carbocycles. The van der Waals surface area contributed by atoms with Crippen LogP contribution in [0.25, 0.3) is 0 Å². The fraction of sp³-hybridized carbons (Fsp3) is 0.692. The predicted molar refractivity (Wildman–Crippen MR) is 122 cm³/mol. The maximum Gasteiger partial charge on any atom is 0.246 e. The lowest BCUT2D eigenvalue weighted by Gasteiger charge is -2.50. The van der Waals surface area contributed by atoms with Crippen molar-refractivity contribution in [2.24, 2.45) is 23.7 Å². The monoisotopic (exact) mass is 426 g/mol. The summed E-state index contributed by atoms with van der Waals surface area (Å²) in [7, 11) is 1.65. The summed E-state index contributed by atoms with van der Waals surface area (Å²) in [5.41, 5.74) is 2.18. The highest BCUT2D eigenvalue weighted by molar-refractivity contribution is 5.92. The predicted octanol–water partition coefficient (Wildman–Crippen LogP) is 3.60. The van der Waals surface area contributed by atoms with Crippen molar-refractivity contribution < 1.29 is 14.3 Å². The summed E-state index contributed by atoms with van der Waals surface area (Å²) in [5, 5.41) is 3.10. The van der Waals surface area contributed by atoms with Crippen LogP contribution < -0.4 is 5.32 Å². The number of nitrogens with one attached hydrogen (secondary N) is 1. The van der Waals surface area contributed by atoms with Gasteiger partial charge in [0.2, 0.25) is 11.8 Å². The van der Waals surface area contributed by atoms with E-state index in [-0.39, 0.29) is 11.8 Å². The van der Waals surface area contributed by atoms with Crippen LogP contribution in [0, 0.1) is 23.7 Å². The third-order valence-electron chi connectivity index (χ3n) is 7.82. The summed E-state index contributed by atoms with van der Waals surface area (Å²) < 4.78 is 5.15. The lowest BCUT2D eigenvalue weighted by molar-refractivity contribution is -0.149. The van der Waals surface area contributed by atoms with Crippen LogP contribution in [0.5, 0.6) is 0 Å². The van der Waals surface area contributed by atoms with Gasteiger partial charge < -0.3 is 15.0 Å². The molecule has 2 fully saturated rings. The van der Waals surface area contributed by atoms with Crippen molar-refractivity contribution in [3.8, 4) is 0 Å². The minimum atomic E-state index is -0.704. The zero-order valence-corrected chi connectivity index (χ0v) is 19.4. The van der Waals surface area contributed by atoms with E-state index in [1.165, 1.54) is 11.1 Å². The maximum absolute atomic E-state index is 13.6. The summed E-state index contributed by atoms with van der Waals surface area (Å²) in [4.78, 5) is 28.8. The second-order valence-corrected chi connectivity index (χ2v) is 10.4. The normalized spacial score (nSPS) is 30.3. The van der Waals surface area contributed by atoms with Crippen LogP contribution in [0.3, 0.4) is 0 Å². The molecule has 1 heterocycles. The second kappa shape index (κ2) is 9.32. The van der Waals surface area contributed by atoms with Gasteiger partial charge in [-0.1, -0.05) is 38.1 Å². The molecule has 1 saturated carbocycles. The molecule has 0 radical (unpaired) electrons. The molecule has 4 atom stereocenters. The number of carbonyl (C=O) groups excluding carboxylic acids is 2. The van der Waals surface area contributed by atoms with Crippen LogP contribution in [-0.4, -0.2) is 49.1 Å². The molecule has 1 N–H and O–H groups in total. The molecule has 4 rings (SSSR count). The second-order valence-electron chi connectivity index (χ2n) is 10.4. The summed E-state index contributed by atoms with van der Waals surface area (Å²) in [6, 6.07) is 8.74. The van der Waals surface area contributed by atoms with Gasteiger partial charge in [0.25, 0.3) is 0 Å².